The zero-order chi connectivity index (χ0) is 6.69. The van der Waals surface area contributed by atoms with Gasteiger partial charge in [-0.25, -0.2) is 4.39 Å². The minimum absolute atomic E-state index is 0.441. The Bertz CT molecular complexity index is 202. The van der Waals surface area contributed by atoms with Gasteiger partial charge >= 0.3 is 0 Å². The van der Waals surface area contributed by atoms with Crippen molar-refractivity contribution >= 4 is 15.9 Å². The Morgan fingerprint density at radius 3 is 2.89 bits per heavy atom. The van der Waals surface area contributed by atoms with E-state index in [1.54, 1.807) is 18.5 Å². The maximum absolute atomic E-state index is 11.9. The summed E-state index contributed by atoms with van der Waals surface area (Å²) >= 11 is 3.15. The Morgan fingerprint density at radius 1 is 1.67 bits per heavy atom. The Labute approximate surface area is 61.0 Å². The summed E-state index contributed by atoms with van der Waals surface area (Å²) in [6, 6.07) is 1.64. The lowest BCUT2D eigenvalue weighted by Crippen LogP contribution is -1.80. The Morgan fingerprint density at radius 2 is 2.44 bits per heavy atom. The third kappa shape index (κ3) is 1.48. The average Bonchev–Trinajstić information content (AvgIpc) is 1.89. The van der Waals surface area contributed by atoms with Crippen LogP contribution in [-0.4, -0.2) is 4.98 Å². The molecule has 0 aromatic carbocycles. The van der Waals surface area contributed by atoms with E-state index in [4.69, 9.17) is 0 Å². The van der Waals surface area contributed by atoms with Crippen molar-refractivity contribution in [3.05, 3.63) is 28.5 Å². The van der Waals surface area contributed by atoms with Crippen molar-refractivity contribution in [2.75, 3.05) is 0 Å². The van der Waals surface area contributed by atoms with Crippen molar-refractivity contribution in [1.29, 1.82) is 0 Å². The quantitative estimate of drug-likeness (QED) is 0.662. The molecular formula is C6H5BrFN. The van der Waals surface area contributed by atoms with Crippen molar-refractivity contribution in [3.8, 4) is 0 Å². The van der Waals surface area contributed by atoms with Gasteiger partial charge < -0.3 is 0 Å². The number of aromatic nitrogens is 1. The van der Waals surface area contributed by atoms with E-state index in [2.05, 4.69) is 20.9 Å². The fourth-order valence-electron chi connectivity index (χ4n) is 0.512. The SMILES string of the molecule is FCc1ccncc1Br. The highest BCUT2D eigenvalue weighted by molar-refractivity contribution is 9.10. The topological polar surface area (TPSA) is 12.9 Å². The molecule has 48 valence electrons. The van der Waals surface area contributed by atoms with Crippen LogP contribution in [0.1, 0.15) is 5.56 Å². The number of halogens is 2. The van der Waals surface area contributed by atoms with E-state index in [9.17, 15) is 4.39 Å². The summed E-state index contributed by atoms with van der Waals surface area (Å²) in [4.78, 5) is 3.78. The van der Waals surface area contributed by atoms with Crippen LogP contribution in [0, 0.1) is 0 Å². The van der Waals surface area contributed by atoms with Crippen LogP contribution in [0.4, 0.5) is 4.39 Å². The number of pyridine rings is 1. The van der Waals surface area contributed by atoms with E-state index in [-0.39, 0.29) is 0 Å². The normalized spacial score (nSPS) is 9.56. The van der Waals surface area contributed by atoms with Gasteiger partial charge in [-0.2, -0.15) is 0 Å². The minimum atomic E-state index is -0.441. The zero-order valence-electron chi connectivity index (χ0n) is 4.64. The van der Waals surface area contributed by atoms with E-state index >= 15 is 0 Å². The summed E-state index contributed by atoms with van der Waals surface area (Å²) < 4.78 is 12.7. The fraction of sp³-hybridized carbons (Fsp3) is 0.167. The first-order valence-electron chi connectivity index (χ1n) is 2.49. The van der Waals surface area contributed by atoms with Gasteiger partial charge in [0.05, 0.1) is 0 Å². The smallest absolute Gasteiger partial charge is 0.116 e. The van der Waals surface area contributed by atoms with E-state index in [1.807, 2.05) is 0 Å². The van der Waals surface area contributed by atoms with Gasteiger partial charge in [0, 0.05) is 22.4 Å². The second kappa shape index (κ2) is 2.92. The van der Waals surface area contributed by atoms with Crippen LogP contribution in [0.15, 0.2) is 22.9 Å². The second-order valence-corrected chi connectivity index (χ2v) is 2.46. The van der Waals surface area contributed by atoms with Crippen molar-refractivity contribution in [3.63, 3.8) is 0 Å². The van der Waals surface area contributed by atoms with Gasteiger partial charge in [-0.3, -0.25) is 4.98 Å². The predicted octanol–water partition coefficient (Wildman–Crippen LogP) is 2.31. The van der Waals surface area contributed by atoms with Gasteiger partial charge in [-0.05, 0) is 22.0 Å². The molecule has 0 amide bonds. The van der Waals surface area contributed by atoms with Gasteiger partial charge in [0.15, 0.2) is 0 Å². The third-order valence-corrected chi connectivity index (χ3v) is 1.71. The molecule has 0 unspecified atom stereocenters. The van der Waals surface area contributed by atoms with E-state index in [0.717, 1.165) is 4.47 Å². The standard InChI is InChI=1S/C6H5BrFN/c7-6-4-9-2-1-5(6)3-8/h1-2,4H,3H2. The molecule has 0 saturated carbocycles. The van der Waals surface area contributed by atoms with Crippen molar-refractivity contribution in [1.82, 2.24) is 4.98 Å². The molecule has 0 bridgehead atoms. The number of nitrogens with zero attached hydrogens (tertiary/aromatic N) is 1. The molecule has 0 aliphatic heterocycles. The molecule has 1 heterocycles. The summed E-state index contributed by atoms with van der Waals surface area (Å²) in [7, 11) is 0. The highest BCUT2D eigenvalue weighted by atomic mass is 79.9. The first-order valence-corrected chi connectivity index (χ1v) is 3.28. The second-order valence-electron chi connectivity index (χ2n) is 1.60. The summed E-state index contributed by atoms with van der Waals surface area (Å²) in [5.74, 6) is 0. The molecule has 1 rings (SSSR count). The number of alkyl halides is 1. The van der Waals surface area contributed by atoms with Crippen LogP contribution in [0.2, 0.25) is 0 Å². The van der Waals surface area contributed by atoms with Crippen molar-refractivity contribution in [2.45, 2.75) is 6.67 Å². The minimum Gasteiger partial charge on any atom is -0.264 e. The number of rotatable bonds is 1. The molecule has 1 nitrogen and oxygen atoms in total. The molecule has 1 aromatic rings. The largest absolute Gasteiger partial charge is 0.264 e. The molecule has 0 aliphatic rings. The maximum atomic E-state index is 11.9. The zero-order valence-corrected chi connectivity index (χ0v) is 6.23. The maximum Gasteiger partial charge on any atom is 0.116 e. The van der Waals surface area contributed by atoms with Gasteiger partial charge in [0.25, 0.3) is 0 Å². The average molecular weight is 190 g/mol. The monoisotopic (exact) mass is 189 g/mol. The lowest BCUT2D eigenvalue weighted by molar-refractivity contribution is 0.483. The molecule has 0 fully saturated rings. The van der Waals surface area contributed by atoms with E-state index < -0.39 is 6.67 Å². The highest BCUT2D eigenvalue weighted by Crippen LogP contribution is 2.14. The first kappa shape index (κ1) is 6.68. The molecule has 3 heteroatoms. The van der Waals surface area contributed by atoms with Gasteiger partial charge in [-0.15, -0.1) is 0 Å². The summed E-state index contributed by atoms with van der Waals surface area (Å²) in [6.07, 6.45) is 3.15. The van der Waals surface area contributed by atoms with E-state index in [1.165, 1.54) is 0 Å². The Balaban J connectivity index is 3.01. The lowest BCUT2D eigenvalue weighted by atomic mass is 10.3. The molecule has 0 N–H and O–H groups in total. The molecule has 0 radical (unpaired) electrons. The van der Waals surface area contributed by atoms with Crippen LogP contribution < -0.4 is 0 Å². The number of hydrogen-bond acceptors (Lipinski definition) is 1. The summed E-state index contributed by atoms with van der Waals surface area (Å²) in [5, 5.41) is 0. The van der Waals surface area contributed by atoms with Crippen LogP contribution in [0.3, 0.4) is 0 Å². The lowest BCUT2D eigenvalue weighted by Gasteiger charge is -1.93. The van der Waals surface area contributed by atoms with Crippen molar-refractivity contribution < 1.29 is 4.39 Å². The number of hydrogen-bond donors (Lipinski definition) is 0. The molecule has 9 heavy (non-hydrogen) atoms. The predicted molar refractivity (Wildman–Crippen MR) is 36.7 cm³/mol. The van der Waals surface area contributed by atoms with Gasteiger partial charge in [0.2, 0.25) is 0 Å². The van der Waals surface area contributed by atoms with Gasteiger partial charge in [0.1, 0.15) is 6.67 Å². The fourth-order valence-corrected chi connectivity index (χ4v) is 0.869. The Kier molecular flexibility index (Phi) is 2.16. The third-order valence-electron chi connectivity index (χ3n) is 1.00. The first-order chi connectivity index (χ1) is 4.34. The van der Waals surface area contributed by atoms with Crippen LogP contribution in [0.25, 0.3) is 0 Å². The van der Waals surface area contributed by atoms with Crippen LogP contribution in [-0.2, 0) is 6.67 Å². The van der Waals surface area contributed by atoms with Crippen molar-refractivity contribution in [2.24, 2.45) is 0 Å². The van der Waals surface area contributed by atoms with Gasteiger partial charge in [-0.1, -0.05) is 0 Å². The summed E-state index contributed by atoms with van der Waals surface area (Å²) in [5.41, 5.74) is 0.644. The molecule has 0 saturated heterocycles. The molecule has 0 atom stereocenters. The molecular weight excluding hydrogens is 185 g/mol. The molecule has 0 spiro atoms. The van der Waals surface area contributed by atoms with Crippen LogP contribution >= 0.6 is 15.9 Å². The van der Waals surface area contributed by atoms with E-state index in [0.29, 0.717) is 5.56 Å². The molecule has 0 aliphatic carbocycles. The Hall–Kier alpha value is -0.440. The highest BCUT2D eigenvalue weighted by Gasteiger charge is 1.94. The molecule has 1 aromatic heterocycles. The van der Waals surface area contributed by atoms with Crippen LogP contribution in [0.5, 0.6) is 0 Å². The summed E-state index contributed by atoms with van der Waals surface area (Å²) in [6.45, 7) is -0.441.